The summed E-state index contributed by atoms with van der Waals surface area (Å²) in [6, 6.07) is 3.78. The van der Waals surface area contributed by atoms with Gasteiger partial charge in [0.05, 0.1) is 12.3 Å². The number of furan rings is 1. The van der Waals surface area contributed by atoms with Gasteiger partial charge in [-0.2, -0.15) is 5.10 Å². The lowest BCUT2D eigenvalue weighted by atomic mass is 10.3. The zero-order chi connectivity index (χ0) is 12.5. The molecule has 0 saturated heterocycles. The number of hydrogen-bond acceptors (Lipinski definition) is 4. The van der Waals surface area contributed by atoms with Gasteiger partial charge in [-0.25, -0.2) is 9.97 Å². The van der Waals surface area contributed by atoms with Crippen LogP contribution in [0.5, 0.6) is 0 Å². The molecule has 0 aliphatic heterocycles. The Balaban J connectivity index is 2.04. The van der Waals surface area contributed by atoms with Crippen LogP contribution in [0.2, 0.25) is 0 Å². The summed E-state index contributed by atoms with van der Waals surface area (Å²) < 4.78 is 9.17. The third-order valence-electron chi connectivity index (χ3n) is 2.95. The van der Waals surface area contributed by atoms with Gasteiger partial charge in [0.15, 0.2) is 11.6 Å². The lowest BCUT2D eigenvalue weighted by Gasteiger charge is -2.14. The molecular weight excluding hydrogens is 230 g/mol. The van der Waals surface area contributed by atoms with Gasteiger partial charge in [-0.15, -0.1) is 0 Å². The fourth-order valence-electron chi connectivity index (χ4n) is 2.03. The highest BCUT2D eigenvalue weighted by Gasteiger charge is 2.18. The van der Waals surface area contributed by atoms with Crippen molar-refractivity contribution in [1.29, 1.82) is 0 Å². The van der Waals surface area contributed by atoms with Gasteiger partial charge < -0.3 is 8.98 Å². The molecule has 3 rings (SSSR count). The van der Waals surface area contributed by atoms with Gasteiger partial charge in [0.2, 0.25) is 0 Å². The summed E-state index contributed by atoms with van der Waals surface area (Å²) in [5, 5.41) is 4.09. The van der Waals surface area contributed by atoms with Crippen LogP contribution in [-0.2, 0) is 7.05 Å². The number of aromatic nitrogens is 5. The molecule has 0 aromatic carbocycles. The molecule has 3 heterocycles. The molecule has 92 valence electrons. The van der Waals surface area contributed by atoms with E-state index in [2.05, 4.69) is 22.0 Å². The minimum Gasteiger partial charge on any atom is -0.461 e. The Hall–Kier alpha value is -2.37. The minimum absolute atomic E-state index is 0.0418. The Morgan fingerprint density at radius 1 is 1.33 bits per heavy atom. The van der Waals surface area contributed by atoms with Gasteiger partial charge in [0, 0.05) is 19.4 Å². The predicted octanol–water partition coefficient (Wildman–Crippen LogP) is 1.88. The fourth-order valence-corrected chi connectivity index (χ4v) is 2.03. The second-order valence-electron chi connectivity index (χ2n) is 4.05. The Bertz CT molecular complexity index is 637. The third-order valence-corrected chi connectivity index (χ3v) is 2.95. The van der Waals surface area contributed by atoms with Crippen LogP contribution >= 0.6 is 0 Å². The van der Waals surface area contributed by atoms with Crippen LogP contribution in [0, 0.1) is 0 Å². The van der Waals surface area contributed by atoms with Gasteiger partial charge in [0.1, 0.15) is 12.2 Å². The van der Waals surface area contributed by atoms with Crippen molar-refractivity contribution in [2.45, 2.75) is 13.0 Å². The molecule has 0 bridgehead atoms. The van der Waals surface area contributed by atoms with E-state index in [1.807, 2.05) is 29.9 Å². The minimum atomic E-state index is 0.0418. The molecule has 0 fully saturated rings. The first-order valence-electron chi connectivity index (χ1n) is 5.68. The van der Waals surface area contributed by atoms with Crippen LogP contribution in [0.25, 0.3) is 11.6 Å². The smallest absolute Gasteiger partial charge is 0.176 e. The van der Waals surface area contributed by atoms with E-state index in [4.69, 9.17) is 4.42 Å². The molecule has 0 saturated carbocycles. The van der Waals surface area contributed by atoms with Gasteiger partial charge >= 0.3 is 0 Å². The number of imidazole rings is 1. The summed E-state index contributed by atoms with van der Waals surface area (Å²) in [6.07, 6.45) is 6.86. The van der Waals surface area contributed by atoms with Crippen LogP contribution < -0.4 is 0 Å². The summed E-state index contributed by atoms with van der Waals surface area (Å²) in [4.78, 5) is 8.60. The van der Waals surface area contributed by atoms with E-state index < -0.39 is 0 Å². The normalized spacial score (nSPS) is 12.8. The second-order valence-corrected chi connectivity index (χ2v) is 4.05. The van der Waals surface area contributed by atoms with Crippen LogP contribution in [-0.4, -0.2) is 24.3 Å². The van der Waals surface area contributed by atoms with E-state index in [1.165, 1.54) is 0 Å². The maximum absolute atomic E-state index is 5.39. The van der Waals surface area contributed by atoms with Crippen molar-refractivity contribution in [3.63, 3.8) is 0 Å². The quantitative estimate of drug-likeness (QED) is 0.704. The molecule has 1 unspecified atom stereocenters. The Morgan fingerprint density at radius 3 is 2.89 bits per heavy atom. The molecule has 3 aromatic heterocycles. The van der Waals surface area contributed by atoms with E-state index in [0.29, 0.717) is 0 Å². The van der Waals surface area contributed by atoms with E-state index in [1.54, 1.807) is 23.5 Å². The molecule has 6 nitrogen and oxygen atoms in total. The molecule has 0 aliphatic carbocycles. The van der Waals surface area contributed by atoms with Crippen LogP contribution in [0.15, 0.2) is 41.5 Å². The Kier molecular flexibility index (Phi) is 2.47. The topological polar surface area (TPSA) is 61.7 Å². The molecule has 3 aromatic rings. The van der Waals surface area contributed by atoms with Crippen LogP contribution in [0.1, 0.15) is 18.8 Å². The Morgan fingerprint density at radius 2 is 2.22 bits per heavy atom. The van der Waals surface area contributed by atoms with E-state index >= 15 is 0 Å². The van der Waals surface area contributed by atoms with Crippen molar-refractivity contribution in [3.8, 4) is 11.6 Å². The lowest BCUT2D eigenvalue weighted by molar-refractivity contribution is 0.536. The standard InChI is InChI=1S/C12H13N5O/c1-9(11-14-8-15-16(11)2)17-6-5-13-12(17)10-4-3-7-18-10/h3-9H,1-2H3. The third kappa shape index (κ3) is 1.62. The van der Waals surface area contributed by atoms with Gasteiger partial charge in [0.25, 0.3) is 0 Å². The molecule has 6 heteroatoms. The summed E-state index contributed by atoms with van der Waals surface area (Å²) in [6.45, 7) is 2.05. The fraction of sp³-hybridized carbons (Fsp3) is 0.250. The lowest BCUT2D eigenvalue weighted by Crippen LogP contribution is -2.13. The highest BCUT2D eigenvalue weighted by molar-refractivity contribution is 5.47. The first-order valence-corrected chi connectivity index (χ1v) is 5.68. The van der Waals surface area contributed by atoms with Crippen molar-refractivity contribution >= 4 is 0 Å². The summed E-state index contributed by atoms with van der Waals surface area (Å²) in [5.74, 6) is 2.41. The SMILES string of the molecule is CC(c1ncnn1C)n1ccnc1-c1ccco1. The van der Waals surface area contributed by atoms with E-state index in [-0.39, 0.29) is 6.04 Å². The molecular formula is C12H13N5O. The average molecular weight is 243 g/mol. The van der Waals surface area contributed by atoms with Crippen LogP contribution in [0.4, 0.5) is 0 Å². The molecule has 0 amide bonds. The second kappa shape index (κ2) is 4.14. The average Bonchev–Trinajstić information content (AvgIpc) is 3.09. The highest BCUT2D eigenvalue weighted by Crippen LogP contribution is 2.24. The van der Waals surface area contributed by atoms with Gasteiger partial charge in [-0.1, -0.05) is 0 Å². The summed E-state index contributed by atoms with van der Waals surface area (Å²) in [5.41, 5.74) is 0. The predicted molar refractivity (Wildman–Crippen MR) is 64.7 cm³/mol. The van der Waals surface area contributed by atoms with Crippen molar-refractivity contribution in [2.75, 3.05) is 0 Å². The molecule has 18 heavy (non-hydrogen) atoms. The molecule has 1 atom stereocenters. The Labute approximate surface area is 104 Å². The number of hydrogen-bond donors (Lipinski definition) is 0. The first-order chi connectivity index (χ1) is 8.77. The number of nitrogens with zero attached hydrogens (tertiary/aromatic N) is 5. The first kappa shape index (κ1) is 10.8. The van der Waals surface area contributed by atoms with Gasteiger partial charge in [-0.05, 0) is 19.1 Å². The molecule has 0 N–H and O–H groups in total. The number of rotatable bonds is 3. The highest BCUT2D eigenvalue weighted by atomic mass is 16.3. The van der Waals surface area contributed by atoms with E-state index in [9.17, 15) is 0 Å². The van der Waals surface area contributed by atoms with Gasteiger partial charge in [-0.3, -0.25) is 4.68 Å². The summed E-state index contributed by atoms with van der Waals surface area (Å²) in [7, 11) is 1.88. The molecule has 0 aliphatic rings. The number of aryl methyl sites for hydroxylation is 1. The maximum atomic E-state index is 5.39. The maximum Gasteiger partial charge on any atom is 0.176 e. The summed E-state index contributed by atoms with van der Waals surface area (Å²) >= 11 is 0. The molecule has 0 radical (unpaired) electrons. The zero-order valence-electron chi connectivity index (χ0n) is 10.2. The van der Waals surface area contributed by atoms with Crippen molar-refractivity contribution in [3.05, 3.63) is 42.9 Å². The monoisotopic (exact) mass is 243 g/mol. The van der Waals surface area contributed by atoms with Crippen molar-refractivity contribution in [2.24, 2.45) is 7.05 Å². The van der Waals surface area contributed by atoms with Crippen molar-refractivity contribution in [1.82, 2.24) is 24.3 Å². The zero-order valence-corrected chi connectivity index (χ0v) is 10.2. The largest absolute Gasteiger partial charge is 0.461 e. The van der Waals surface area contributed by atoms with Crippen molar-refractivity contribution < 1.29 is 4.42 Å². The molecule has 0 spiro atoms. The van der Waals surface area contributed by atoms with E-state index in [0.717, 1.165) is 17.4 Å². The van der Waals surface area contributed by atoms with Crippen LogP contribution in [0.3, 0.4) is 0 Å².